The molecule has 0 bridgehead atoms. The number of hydrogen-bond acceptors (Lipinski definition) is 3. The van der Waals surface area contributed by atoms with Crippen LogP contribution in [0, 0.1) is 23.7 Å². The van der Waals surface area contributed by atoms with Crippen LogP contribution in [-0.2, 0) is 0 Å². The largest absolute Gasteiger partial charge is 0.497 e. The molecule has 0 aliphatic rings. The van der Waals surface area contributed by atoms with E-state index in [-0.39, 0.29) is 0 Å². The molecule has 0 radical (unpaired) electrons. The highest BCUT2D eigenvalue weighted by molar-refractivity contribution is 5.56. The number of benzene rings is 3. The lowest BCUT2D eigenvalue weighted by Crippen LogP contribution is -1.90. The zero-order chi connectivity index (χ0) is 19.8. The van der Waals surface area contributed by atoms with E-state index in [9.17, 15) is 0 Å². The molecule has 0 fully saturated rings. The molecule has 3 aromatic carbocycles. The summed E-state index contributed by atoms with van der Waals surface area (Å²) in [6.07, 6.45) is 0. The van der Waals surface area contributed by atoms with Gasteiger partial charge in [0.05, 0.1) is 32.5 Å². The maximum atomic E-state index is 5.50. The molecule has 0 unspecified atom stereocenters. The van der Waals surface area contributed by atoms with Crippen molar-refractivity contribution < 1.29 is 14.2 Å². The number of rotatable bonds is 3. The summed E-state index contributed by atoms with van der Waals surface area (Å²) in [5.41, 5.74) is 3.36. The van der Waals surface area contributed by atoms with E-state index in [1.165, 1.54) is 0 Å². The predicted octanol–water partition coefficient (Wildman–Crippen LogP) is 4.51. The van der Waals surface area contributed by atoms with E-state index >= 15 is 0 Å². The molecule has 0 heterocycles. The van der Waals surface area contributed by atoms with E-state index in [1.807, 2.05) is 66.7 Å². The van der Waals surface area contributed by atoms with E-state index in [0.717, 1.165) is 33.8 Å². The van der Waals surface area contributed by atoms with Crippen molar-refractivity contribution in [2.75, 3.05) is 21.3 Å². The van der Waals surface area contributed by atoms with Crippen LogP contribution in [0.4, 0.5) is 0 Å². The number of ether oxygens (including phenoxy) is 3. The molecule has 0 aromatic heterocycles. The molecule has 138 valence electrons. The molecule has 3 aromatic rings. The van der Waals surface area contributed by atoms with Gasteiger partial charge in [0.25, 0.3) is 0 Å². The minimum absolute atomic E-state index is 0.683. The molecule has 0 saturated carbocycles. The van der Waals surface area contributed by atoms with Crippen molar-refractivity contribution in [2.24, 2.45) is 0 Å². The molecule has 3 nitrogen and oxygen atoms in total. The van der Waals surface area contributed by atoms with Crippen LogP contribution in [0.5, 0.6) is 17.2 Å². The first-order chi connectivity index (χ1) is 13.7. The van der Waals surface area contributed by atoms with Crippen molar-refractivity contribution in [3.63, 3.8) is 0 Å². The summed E-state index contributed by atoms with van der Waals surface area (Å²) < 4.78 is 16.1. The molecule has 3 rings (SSSR count). The first kappa shape index (κ1) is 19.0. The van der Waals surface area contributed by atoms with Gasteiger partial charge in [0.2, 0.25) is 0 Å². The van der Waals surface area contributed by atoms with Crippen molar-refractivity contribution in [1.29, 1.82) is 0 Å². The fourth-order valence-electron chi connectivity index (χ4n) is 2.60. The normalized spacial score (nSPS) is 9.39. The minimum atomic E-state index is 0.683. The van der Waals surface area contributed by atoms with Gasteiger partial charge in [0, 0.05) is 11.1 Å². The Morgan fingerprint density at radius 1 is 0.536 bits per heavy atom. The lowest BCUT2D eigenvalue weighted by Gasteiger charge is -2.04. The summed E-state index contributed by atoms with van der Waals surface area (Å²) in [6, 6.07) is 21.0. The van der Waals surface area contributed by atoms with Gasteiger partial charge in [-0.05, 0) is 48.5 Å². The second-order valence-electron chi connectivity index (χ2n) is 5.85. The Morgan fingerprint density at radius 2 is 1.21 bits per heavy atom. The molecule has 0 saturated heterocycles. The van der Waals surface area contributed by atoms with Crippen molar-refractivity contribution in [2.45, 2.75) is 0 Å². The van der Waals surface area contributed by atoms with E-state index in [4.69, 9.17) is 14.2 Å². The third kappa shape index (κ3) is 4.67. The highest BCUT2D eigenvalue weighted by atomic mass is 16.5. The topological polar surface area (TPSA) is 27.7 Å². The first-order valence-electron chi connectivity index (χ1n) is 8.72. The van der Waals surface area contributed by atoms with Crippen LogP contribution in [-0.4, -0.2) is 21.3 Å². The van der Waals surface area contributed by atoms with E-state index < -0.39 is 0 Å². The van der Waals surface area contributed by atoms with E-state index in [2.05, 4.69) is 23.7 Å². The fraction of sp³-hybridized carbons (Fsp3) is 0.120. The van der Waals surface area contributed by atoms with Gasteiger partial charge in [-0.3, -0.25) is 0 Å². The Labute approximate surface area is 165 Å². The quantitative estimate of drug-likeness (QED) is 0.637. The summed E-state index contributed by atoms with van der Waals surface area (Å²) in [5, 5.41) is 0. The molecular weight excluding hydrogens is 348 g/mol. The highest BCUT2D eigenvalue weighted by Crippen LogP contribution is 2.20. The standard InChI is InChI=1S/C25H20O3/c1-26-23-9-6-7-19(17-23)11-15-22-16-13-20(18-25(22)28-3)12-14-21-8-4-5-10-24(21)27-2/h4-10,13,16-18H,1-3H3. The van der Waals surface area contributed by atoms with Crippen molar-refractivity contribution in [3.8, 4) is 40.9 Å². The van der Waals surface area contributed by atoms with Crippen molar-refractivity contribution in [1.82, 2.24) is 0 Å². The Hall–Kier alpha value is -3.82. The van der Waals surface area contributed by atoms with Crippen LogP contribution in [0.15, 0.2) is 66.7 Å². The third-order valence-corrected chi connectivity index (χ3v) is 4.06. The van der Waals surface area contributed by atoms with E-state index in [1.54, 1.807) is 21.3 Å². The van der Waals surface area contributed by atoms with Crippen LogP contribution >= 0.6 is 0 Å². The number of hydrogen-bond donors (Lipinski definition) is 0. The van der Waals surface area contributed by atoms with Crippen LogP contribution in [0.1, 0.15) is 22.3 Å². The zero-order valence-electron chi connectivity index (χ0n) is 16.1. The van der Waals surface area contributed by atoms with Crippen LogP contribution in [0.2, 0.25) is 0 Å². The van der Waals surface area contributed by atoms with Crippen LogP contribution in [0.3, 0.4) is 0 Å². The SMILES string of the molecule is COc1cccc(C#Cc2ccc(C#Cc3ccccc3OC)cc2OC)c1. The average Bonchev–Trinajstić information content (AvgIpc) is 2.76. The Bertz CT molecular complexity index is 1090. The van der Waals surface area contributed by atoms with Gasteiger partial charge in [-0.25, -0.2) is 0 Å². The number of methoxy groups -OCH3 is 3. The van der Waals surface area contributed by atoms with Crippen LogP contribution in [0.25, 0.3) is 0 Å². The highest BCUT2D eigenvalue weighted by Gasteiger charge is 2.02. The molecule has 0 spiro atoms. The Balaban J connectivity index is 1.88. The molecule has 0 N–H and O–H groups in total. The summed E-state index contributed by atoms with van der Waals surface area (Å²) in [7, 11) is 4.91. The third-order valence-electron chi connectivity index (χ3n) is 4.06. The molecule has 3 heteroatoms. The average molecular weight is 368 g/mol. The summed E-state index contributed by atoms with van der Waals surface area (Å²) in [6.45, 7) is 0. The van der Waals surface area contributed by atoms with Gasteiger partial charge < -0.3 is 14.2 Å². The van der Waals surface area contributed by atoms with Gasteiger partial charge >= 0.3 is 0 Å². The van der Waals surface area contributed by atoms with Gasteiger partial charge in [-0.15, -0.1) is 0 Å². The summed E-state index contributed by atoms with van der Waals surface area (Å²) >= 11 is 0. The van der Waals surface area contributed by atoms with E-state index in [0.29, 0.717) is 5.75 Å². The second-order valence-corrected chi connectivity index (χ2v) is 5.85. The van der Waals surface area contributed by atoms with Gasteiger partial charge in [-0.1, -0.05) is 41.9 Å². The summed E-state index contributed by atoms with van der Waals surface area (Å²) in [5.74, 6) is 14.8. The van der Waals surface area contributed by atoms with Gasteiger partial charge in [-0.2, -0.15) is 0 Å². The first-order valence-corrected chi connectivity index (χ1v) is 8.72. The maximum absolute atomic E-state index is 5.50. The monoisotopic (exact) mass is 368 g/mol. The molecule has 0 aliphatic carbocycles. The van der Waals surface area contributed by atoms with Gasteiger partial charge in [0.15, 0.2) is 0 Å². The predicted molar refractivity (Wildman–Crippen MR) is 111 cm³/mol. The lowest BCUT2D eigenvalue weighted by atomic mass is 10.1. The lowest BCUT2D eigenvalue weighted by molar-refractivity contribution is 0.413. The van der Waals surface area contributed by atoms with Crippen LogP contribution < -0.4 is 14.2 Å². The maximum Gasteiger partial charge on any atom is 0.135 e. The second kappa shape index (κ2) is 9.21. The molecular formula is C25H20O3. The molecule has 0 aliphatic heterocycles. The molecule has 0 amide bonds. The Morgan fingerprint density at radius 3 is 1.93 bits per heavy atom. The number of para-hydroxylation sites is 1. The molecule has 0 atom stereocenters. The van der Waals surface area contributed by atoms with Gasteiger partial charge in [0.1, 0.15) is 17.2 Å². The zero-order valence-corrected chi connectivity index (χ0v) is 16.1. The Kier molecular flexibility index (Phi) is 6.24. The summed E-state index contributed by atoms with van der Waals surface area (Å²) in [4.78, 5) is 0. The van der Waals surface area contributed by atoms with Crippen molar-refractivity contribution >= 4 is 0 Å². The minimum Gasteiger partial charge on any atom is -0.497 e. The molecule has 28 heavy (non-hydrogen) atoms. The fourth-order valence-corrected chi connectivity index (χ4v) is 2.60. The smallest absolute Gasteiger partial charge is 0.135 e. The van der Waals surface area contributed by atoms with Crippen molar-refractivity contribution in [3.05, 3.63) is 89.0 Å².